The number of imidazole rings is 1. The van der Waals surface area contributed by atoms with E-state index >= 15 is 0 Å². The fourth-order valence-corrected chi connectivity index (χ4v) is 3.60. The van der Waals surface area contributed by atoms with Crippen molar-refractivity contribution in [3.63, 3.8) is 0 Å². The van der Waals surface area contributed by atoms with E-state index in [1.807, 2.05) is 29.6 Å². The zero-order valence-electron chi connectivity index (χ0n) is 11.7. The molecule has 5 heteroatoms. The van der Waals surface area contributed by atoms with Gasteiger partial charge in [0, 0.05) is 17.5 Å². The highest BCUT2D eigenvalue weighted by molar-refractivity contribution is 9.11. The van der Waals surface area contributed by atoms with Crippen LogP contribution in [0.1, 0.15) is 29.5 Å². The number of rotatable bonds is 5. The summed E-state index contributed by atoms with van der Waals surface area (Å²) < 4.78 is 3.14. The molecule has 3 aromatic rings. The van der Waals surface area contributed by atoms with Crippen LogP contribution in [0.4, 0.5) is 0 Å². The molecule has 0 radical (unpaired) electrons. The largest absolute Gasteiger partial charge is 0.328 e. The van der Waals surface area contributed by atoms with Crippen molar-refractivity contribution < 1.29 is 4.79 Å². The molecule has 0 amide bonds. The first kappa shape index (κ1) is 14.5. The minimum atomic E-state index is 0.115. The van der Waals surface area contributed by atoms with Crippen molar-refractivity contribution in [3.8, 4) is 0 Å². The minimum Gasteiger partial charge on any atom is -0.328 e. The van der Waals surface area contributed by atoms with Crippen LogP contribution in [0.15, 0.2) is 39.5 Å². The number of Topliss-reactive ketones (excluding diaryl/α,β-unsaturated/α-hetero) is 1. The molecule has 2 heterocycles. The Morgan fingerprint density at radius 1 is 1.38 bits per heavy atom. The molecule has 108 valence electrons. The molecule has 0 saturated heterocycles. The minimum absolute atomic E-state index is 0.115. The van der Waals surface area contributed by atoms with Gasteiger partial charge in [-0.05, 0) is 40.5 Å². The summed E-state index contributed by atoms with van der Waals surface area (Å²) in [5.41, 5.74) is 2.82. The number of carbonyl (C=O) groups excluding carboxylic acids is 1. The average Bonchev–Trinajstić information content (AvgIpc) is 3.04. The Balaban J connectivity index is 1.96. The van der Waals surface area contributed by atoms with Gasteiger partial charge in [0.2, 0.25) is 0 Å². The van der Waals surface area contributed by atoms with E-state index in [-0.39, 0.29) is 5.78 Å². The number of hydrogen-bond donors (Lipinski definition) is 0. The quantitative estimate of drug-likeness (QED) is 0.616. The van der Waals surface area contributed by atoms with Gasteiger partial charge in [-0.2, -0.15) is 0 Å². The molecule has 3 rings (SSSR count). The molecule has 0 bridgehead atoms. The van der Waals surface area contributed by atoms with E-state index in [4.69, 9.17) is 0 Å². The van der Waals surface area contributed by atoms with Gasteiger partial charge in [-0.1, -0.05) is 19.1 Å². The summed E-state index contributed by atoms with van der Waals surface area (Å²) in [5, 5.41) is 1.89. The van der Waals surface area contributed by atoms with Crippen LogP contribution in [0, 0.1) is 0 Å². The zero-order chi connectivity index (χ0) is 14.8. The number of aryl methyl sites for hydroxylation is 1. The highest BCUT2D eigenvalue weighted by Crippen LogP contribution is 2.23. The molecule has 0 aliphatic carbocycles. The van der Waals surface area contributed by atoms with Crippen LogP contribution in [-0.2, 0) is 13.0 Å². The summed E-state index contributed by atoms with van der Waals surface area (Å²) in [5.74, 6) is 0.968. The Morgan fingerprint density at radius 3 is 2.90 bits per heavy atom. The predicted octanol–water partition coefficient (Wildman–Crippen LogP) is 4.70. The van der Waals surface area contributed by atoms with E-state index in [2.05, 4.69) is 38.5 Å². The van der Waals surface area contributed by atoms with Crippen molar-refractivity contribution in [3.05, 3.63) is 50.9 Å². The highest BCUT2D eigenvalue weighted by Gasteiger charge is 2.15. The third kappa shape index (κ3) is 2.94. The lowest BCUT2D eigenvalue weighted by Gasteiger charge is -2.06. The Labute approximate surface area is 135 Å². The van der Waals surface area contributed by atoms with E-state index in [0.717, 1.165) is 39.2 Å². The molecule has 0 saturated carbocycles. The first-order valence-electron chi connectivity index (χ1n) is 6.90. The first-order chi connectivity index (χ1) is 10.2. The van der Waals surface area contributed by atoms with Crippen LogP contribution in [-0.4, -0.2) is 15.3 Å². The fourth-order valence-electron chi connectivity index (χ4n) is 2.44. The Morgan fingerprint density at radius 2 is 2.19 bits per heavy atom. The second-order valence-corrected chi connectivity index (χ2v) is 7.20. The molecule has 0 fully saturated rings. The molecule has 2 aromatic heterocycles. The number of aromatic nitrogens is 2. The van der Waals surface area contributed by atoms with Crippen LogP contribution in [0.3, 0.4) is 0 Å². The topological polar surface area (TPSA) is 34.9 Å². The summed E-state index contributed by atoms with van der Waals surface area (Å²) >= 11 is 4.93. The molecule has 3 nitrogen and oxygen atoms in total. The predicted molar refractivity (Wildman–Crippen MR) is 90.1 cm³/mol. The Hall–Kier alpha value is -1.46. The number of hydrogen-bond acceptors (Lipinski definition) is 3. The lowest BCUT2D eigenvalue weighted by molar-refractivity contribution is 0.0990. The Kier molecular flexibility index (Phi) is 4.22. The van der Waals surface area contributed by atoms with Gasteiger partial charge in [0.1, 0.15) is 5.82 Å². The summed E-state index contributed by atoms with van der Waals surface area (Å²) in [6.45, 7) is 3.02. The van der Waals surface area contributed by atoms with Crippen molar-refractivity contribution >= 4 is 44.1 Å². The second-order valence-electron chi connectivity index (χ2n) is 4.91. The maximum absolute atomic E-state index is 12.4. The zero-order valence-corrected chi connectivity index (χ0v) is 14.1. The maximum atomic E-state index is 12.4. The van der Waals surface area contributed by atoms with E-state index < -0.39 is 0 Å². The van der Waals surface area contributed by atoms with Gasteiger partial charge < -0.3 is 4.57 Å². The lowest BCUT2D eigenvalue weighted by atomic mass is 10.1. The van der Waals surface area contributed by atoms with Gasteiger partial charge in [-0.15, -0.1) is 11.3 Å². The number of thiophene rings is 1. The normalized spacial score (nSPS) is 11.1. The Bertz CT molecular complexity index is 791. The van der Waals surface area contributed by atoms with Crippen LogP contribution in [0.5, 0.6) is 0 Å². The molecule has 0 atom stereocenters. The number of benzene rings is 1. The van der Waals surface area contributed by atoms with Crippen molar-refractivity contribution in [2.24, 2.45) is 0 Å². The van der Waals surface area contributed by atoms with Crippen molar-refractivity contribution in [1.82, 2.24) is 9.55 Å². The summed E-state index contributed by atoms with van der Waals surface area (Å²) in [7, 11) is 0. The van der Waals surface area contributed by atoms with Crippen LogP contribution in [0.2, 0.25) is 0 Å². The number of ketones is 1. The number of fused-ring (bicyclic) bond motifs is 1. The number of carbonyl (C=O) groups is 1. The molecule has 0 spiro atoms. The molecule has 0 aliphatic heterocycles. The maximum Gasteiger partial charge on any atom is 0.171 e. The average molecular weight is 363 g/mol. The van der Waals surface area contributed by atoms with E-state index in [0.29, 0.717) is 6.42 Å². The van der Waals surface area contributed by atoms with Gasteiger partial charge >= 0.3 is 0 Å². The number of nitrogens with zero attached hydrogens (tertiary/aromatic N) is 2. The molecule has 21 heavy (non-hydrogen) atoms. The van der Waals surface area contributed by atoms with Crippen molar-refractivity contribution in [1.29, 1.82) is 0 Å². The number of para-hydroxylation sites is 2. The first-order valence-corrected chi connectivity index (χ1v) is 8.57. The lowest BCUT2D eigenvalue weighted by Crippen LogP contribution is -2.10. The van der Waals surface area contributed by atoms with Crippen molar-refractivity contribution in [2.45, 2.75) is 26.3 Å². The smallest absolute Gasteiger partial charge is 0.171 e. The van der Waals surface area contributed by atoms with E-state index in [1.54, 1.807) is 0 Å². The van der Waals surface area contributed by atoms with Gasteiger partial charge in [0.05, 0.1) is 21.2 Å². The molecular formula is C16H15BrN2OS. The SMILES string of the molecule is CCCn1c(CC(=O)c2csc(Br)c2)nc2ccccc21. The van der Waals surface area contributed by atoms with Gasteiger partial charge in [-0.3, -0.25) is 4.79 Å². The van der Waals surface area contributed by atoms with Crippen LogP contribution < -0.4 is 0 Å². The summed E-state index contributed by atoms with van der Waals surface area (Å²) in [4.78, 5) is 17.0. The van der Waals surface area contributed by atoms with Gasteiger partial charge in [0.15, 0.2) is 5.78 Å². The molecule has 0 aliphatic rings. The standard InChI is InChI=1S/C16H15BrN2OS/c1-2-7-19-13-6-4-3-5-12(13)18-16(19)9-14(20)11-8-15(17)21-10-11/h3-6,8,10H,2,7,9H2,1H3. The molecule has 0 unspecified atom stereocenters. The molecular weight excluding hydrogens is 348 g/mol. The number of halogens is 1. The third-order valence-electron chi connectivity index (χ3n) is 3.39. The van der Waals surface area contributed by atoms with Crippen molar-refractivity contribution in [2.75, 3.05) is 0 Å². The van der Waals surface area contributed by atoms with Crippen LogP contribution >= 0.6 is 27.3 Å². The van der Waals surface area contributed by atoms with E-state index in [9.17, 15) is 4.79 Å². The van der Waals surface area contributed by atoms with Gasteiger partial charge in [0.25, 0.3) is 0 Å². The summed E-state index contributed by atoms with van der Waals surface area (Å²) in [6.07, 6.45) is 1.36. The van der Waals surface area contributed by atoms with Gasteiger partial charge in [-0.25, -0.2) is 4.98 Å². The molecule has 0 N–H and O–H groups in total. The van der Waals surface area contributed by atoms with Crippen LogP contribution in [0.25, 0.3) is 11.0 Å². The second kappa shape index (κ2) is 6.12. The monoisotopic (exact) mass is 362 g/mol. The fraction of sp³-hybridized carbons (Fsp3) is 0.250. The molecule has 1 aromatic carbocycles. The third-order valence-corrected chi connectivity index (χ3v) is 4.89. The van der Waals surface area contributed by atoms with E-state index in [1.165, 1.54) is 11.3 Å². The summed E-state index contributed by atoms with van der Waals surface area (Å²) in [6, 6.07) is 9.93. The highest BCUT2D eigenvalue weighted by atomic mass is 79.9.